The van der Waals surface area contributed by atoms with Crippen LogP contribution in [0.25, 0.3) is 0 Å². The van der Waals surface area contributed by atoms with Crippen molar-refractivity contribution in [3.05, 3.63) is 29.8 Å². The summed E-state index contributed by atoms with van der Waals surface area (Å²) in [4.78, 5) is 13.0. The normalized spacial score (nSPS) is 16.5. The summed E-state index contributed by atoms with van der Waals surface area (Å²) in [5.74, 6) is -1.04. The van der Waals surface area contributed by atoms with Crippen LogP contribution in [0.2, 0.25) is 0 Å². The highest BCUT2D eigenvalue weighted by Gasteiger charge is 2.30. The molecule has 0 bridgehead atoms. The number of aromatic nitrogens is 5. The second kappa shape index (κ2) is 4.47. The average Bonchev–Trinajstić information content (AvgIpc) is 2.92. The van der Waals surface area contributed by atoms with E-state index in [4.69, 9.17) is 5.11 Å². The van der Waals surface area contributed by atoms with E-state index in [2.05, 4.69) is 20.3 Å². The number of hydrogen-bond donors (Lipinski definition) is 1. The highest BCUT2D eigenvalue weighted by Crippen LogP contribution is 2.22. The summed E-state index contributed by atoms with van der Waals surface area (Å²) in [6, 6.07) is 2.19. The van der Waals surface area contributed by atoms with Crippen LogP contribution in [0.1, 0.15) is 22.2 Å². The number of nitrogens with zero attached hydrogens (tertiary/aromatic N) is 6. The first-order chi connectivity index (χ1) is 9.13. The fourth-order valence-corrected chi connectivity index (χ4v) is 2.18. The summed E-state index contributed by atoms with van der Waals surface area (Å²) in [7, 11) is 1.92. The molecule has 2 aromatic heterocycles. The van der Waals surface area contributed by atoms with Gasteiger partial charge in [-0.25, -0.2) is 9.48 Å². The van der Waals surface area contributed by atoms with Crippen molar-refractivity contribution in [3.8, 4) is 0 Å². The van der Waals surface area contributed by atoms with Gasteiger partial charge in [-0.1, -0.05) is 5.21 Å². The lowest BCUT2D eigenvalue weighted by Crippen LogP contribution is -2.47. The van der Waals surface area contributed by atoms with Crippen molar-refractivity contribution in [1.29, 1.82) is 0 Å². The van der Waals surface area contributed by atoms with Crippen LogP contribution in [-0.2, 0) is 13.6 Å². The van der Waals surface area contributed by atoms with Crippen molar-refractivity contribution in [2.45, 2.75) is 12.6 Å². The third kappa shape index (κ3) is 2.22. The number of carbonyl (C=O) groups is 1. The number of aromatic carboxylic acids is 1. The minimum Gasteiger partial charge on any atom is -0.476 e. The van der Waals surface area contributed by atoms with E-state index in [1.807, 2.05) is 17.8 Å². The molecule has 8 nitrogen and oxygen atoms in total. The molecular formula is C11H14N6O2. The number of hydrogen-bond acceptors (Lipinski definition) is 5. The van der Waals surface area contributed by atoms with E-state index in [0.29, 0.717) is 0 Å². The van der Waals surface area contributed by atoms with E-state index in [-0.39, 0.29) is 11.7 Å². The van der Waals surface area contributed by atoms with Gasteiger partial charge in [0.2, 0.25) is 0 Å². The number of carboxylic acids is 1. The largest absolute Gasteiger partial charge is 0.476 e. The summed E-state index contributed by atoms with van der Waals surface area (Å²) in [5, 5.41) is 20.4. The van der Waals surface area contributed by atoms with Gasteiger partial charge in [0.1, 0.15) is 0 Å². The number of carboxylic acid groups (broad SMARTS) is 1. The van der Waals surface area contributed by atoms with Crippen LogP contribution in [0.5, 0.6) is 0 Å². The average molecular weight is 262 g/mol. The Kier molecular flexibility index (Phi) is 2.79. The van der Waals surface area contributed by atoms with Crippen molar-refractivity contribution < 1.29 is 9.90 Å². The summed E-state index contributed by atoms with van der Waals surface area (Å²) in [6.45, 7) is 2.52. The molecule has 0 spiro atoms. The molecule has 100 valence electrons. The topological polar surface area (TPSA) is 89.1 Å². The van der Waals surface area contributed by atoms with Crippen LogP contribution >= 0.6 is 0 Å². The highest BCUT2D eigenvalue weighted by atomic mass is 16.4. The van der Waals surface area contributed by atoms with Crippen LogP contribution < -0.4 is 0 Å². The Morgan fingerprint density at radius 1 is 1.53 bits per heavy atom. The van der Waals surface area contributed by atoms with Crippen LogP contribution in [0.15, 0.2) is 18.5 Å². The Labute approximate surface area is 109 Å². The van der Waals surface area contributed by atoms with E-state index in [1.165, 1.54) is 6.20 Å². The highest BCUT2D eigenvalue weighted by molar-refractivity contribution is 5.84. The monoisotopic (exact) mass is 262 g/mol. The summed E-state index contributed by atoms with van der Waals surface area (Å²) in [6.07, 6.45) is 3.26. The molecule has 0 aliphatic carbocycles. The first-order valence-corrected chi connectivity index (χ1v) is 5.98. The summed E-state index contributed by atoms with van der Waals surface area (Å²) < 4.78 is 3.48. The maximum absolute atomic E-state index is 10.7. The van der Waals surface area contributed by atoms with E-state index < -0.39 is 5.97 Å². The first-order valence-electron chi connectivity index (χ1n) is 5.98. The second-order valence-corrected chi connectivity index (χ2v) is 4.68. The third-order valence-corrected chi connectivity index (χ3v) is 3.35. The Balaban J connectivity index is 1.57. The third-order valence-electron chi connectivity index (χ3n) is 3.35. The molecule has 1 fully saturated rings. The smallest absolute Gasteiger partial charge is 0.358 e. The van der Waals surface area contributed by atoms with E-state index >= 15 is 0 Å². The van der Waals surface area contributed by atoms with E-state index in [0.717, 1.165) is 25.3 Å². The molecular weight excluding hydrogens is 248 g/mol. The van der Waals surface area contributed by atoms with Gasteiger partial charge in [0.05, 0.1) is 17.9 Å². The van der Waals surface area contributed by atoms with E-state index in [1.54, 1.807) is 10.9 Å². The van der Waals surface area contributed by atoms with Crippen molar-refractivity contribution in [2.24, 2.45) is 7.05 Å². The lowest BCUT2D eigenvalue weighted by atomic mass is 10.1. The Hall–Kier alpha value is -2.22. The lowest BCUT2D eigenvalue weighted by Gasteiger charge is -2.38. The molecule has 3 rings (SSSR count). The Morgan fingerprint density at radius 3 is 2.89 bits per heavy atom. The van der Waals surface area contributed by atoms with Gasteiger partial charge in [0.25, 0.3) is 0 Å². The van der Waals surface area contributed by atoms with Crippen molar-refractivity contribution in [2.75, 3.05) is 13.1 Å². The second-order valence-electron chi connectivity index (χ2n) is 4.68. The van der Waals surface area contributed by atoms with Gasteiger partial charge in [-0.2, -0.15) is 5.10 Å². The maximum Gasteiger partial charge on any atom is 0.358 e. The first kappa shape index (κ1) is 11.8. The number of likely N-dealkylation sites (tertiary alicyclic amines) is 1. The molecule has 1 aliphatic heterocycles. The van der Waals surface area contributed by atoms with Crippen LogP contribution in [0, 0.1) is 0 Å². The van der Waals surface area contributed by atoms with Gasteiger partial charge in [0, 0.05) is 32.9 Å². The van der Waals surface area contributed by atoms with E-state index in [9.17, 15) is 4.79 Å². The minimum absolute atomic E-state index is 0.00918. The van der Waals surface area contributed by atoms with Crippen molar-refractivity contribution >= 4 is 5.97 Å². The van der Waals surface area contributed by atoms with Gasteiger partial charge < -0.3 is 5.11 Å². The standard InChI is InChI=1S/C11H14N6O2/c1-15-8(2-3-12-15)4-16-5-9(6-16)17-7-10(11(18)19)13-14-17/h2-3,7,9H,4-6H2,1H3,(H,18,19). The fourth-order valence-electron chi connectivity index (χ4n) is 2.18. The van der Waals surface area contributed by atoms with Gasteiger partial charge in [-0.15, -0.1) is 5.10 Å². The zero-order valence-electron chi connectivity index (χ0n) is 10.5. The zero-order chi connectivity index (χ0) is 13.4. The van der Waals surface area contributed by atoms with Crippen molar-refractivity contribution in [3.63, 3.8) is 0 Å². The predicted octanol–water partition coefficient (Wildman–Crippen LogP) is -0.233. The lowest BCUT2D eigenvalue weighted by molar-refractivity contribution is 0.0690. The molecule has 1 aliphatic rings. The molecule has 8 heteroatoms. The summed E-state index contributed by atoms with van der Waals surface area (Å²) in [5.41, 5.74) is 1.15. The fraction of sp³-hybridized carbons (Fsp3) is 0.455. The maximum atomic E-state index is 10.7. The van der Waals surface area contributed by atoms with Crippen molar-refractivity contribution in [1.82, 2.24) is 29.7 Å². The van der Waals surface area contributed by atoms with Gasteiger partial charge in [0.15, 0.2) is 5.69 Å². The molecule has 0 atom stereocenters. The number of aryl methyl sites for hydroxylation is 1. The van der Waals surface area contributed by atoms with Gasteiger partial charge >= 0.3 is 5.97 Å². The molecule has 19 heavy (non-hydrogen) atoms. The molecule has 0 aromatic carbocycles. The van der Waals surface area contributed by atoms with Crippen LogP contribution in [0.4, 0.5) is 0 Å². The minimum atomic E-state index is -1.04. The SMILES string of the molecule is Cn1nccc1CN1CC(n2cc(C(=O)O)nn2)C1. The molecule has 0 unspecified atom stereocenters. The van der Waals surface area contributed by atoms with Crippen LogP contribution in [0.3, 0.4) is 0 Å². The Bertz CT molecular complexity index is 598. The quantitative estimate of drug-likeness (QED) is 0.818. The molecule has 1 saturated heterocycles. The zero-order valence-corrected chi connectivity index (χ0v) is 10.5. The molecule has 0 amide bonds. The molecule has 1 N–H and O–H groups in total. The Morgan fingerprint density at radius 2 is 2.32 bits per heavy atom. The summed E-state index contributed by atoms with van der Waals surface area (Å²) >= 11 is 0. The molecule has 0 radical (unpaired) electrons. The predicted molar refractivity (Wildman–Crippen MR) is 64.5 cm³/mol. The number of rotatable bonds is 4. The van der Waals surface area contributed by atoms with Crippen LogP contribution in [-0.4, -0.2) is 53.8 Å². The molecule has 2 aromatic rings. The molecule has 0 saturated carbocycles. The van der Waals surface area contributed by atoms with Gasteiger partial charge in [-0.05, 0) is 6.07 Å². The molecule has 3 heterocycles. The van der Waals surface area contributed by atoms with Gasteiger partial charge in [-0.3, -0.25) is 9.58 Å².